The van der Waals surface area contributed by atoms with E-state index in [1.54, 1.807) is 0 Å². The van der Waals surface area contributed by atoms with E-state index in [0.29, 0.717) is 0 Å². The van der Waals surface area contributed by atoms with Crippen LogP contribution in [0, 0.1) is 12.3 Å². The summed E-state index contributed by atoms with van der Waals surface area (Å²) in [6.07, 6.45) is 5.02. The van der Waals surface area contributed by atoms with Gasteiger partial charge in [-0.2, -0.15) is 4.98 Å². The molecule has 0 atom stereocenters. The van der Waals surface area contributed by atoms with Crippen molar-refractivity contribution >= 4 is 17.1 Å². The van der Waals surface area contributed by atoms with Gasteiger partial charge in [-0.05, 0) is 10.3 Å². The van der Waals surface area contributed by atoms with E-state index >= 15 is 0 Å². The van der Waals surface area contributed by atoms with Gasteiger partial charge < -0.3 is 5.32 Å². The maximum atomic E-state index is 11.3. The molecule has 0 saturated carbocycles. The van der Waals surface area contributed by atoms with Gasteiger partial charge in [-0.25, -0.2) is 4.63 Å². The molecule has 0 bridgehead atoms. The summed E-state index contributed by atoms with van der Waals surface area (Å²) in [6, 6.07) is 0. The van der Waals surface area contributed by atoms with E-state index < -0.39 is 5.56 Å². The van der Waals surface area contributed by atoms with E-state index in [9.17, 15) is 4.79 Å². The molecule has 7 nitrogen and oxygen atoms in total. The number of terminal acetylenes is 1. The van der Waals surface area contributed by atoms with Crippen molar-refractivity contribution in [3.8, 4) is 12.3 Å². The lowest BCUT2D eigenvalue weighted by molar-refractivity contribution is 0.314. The Labute approximate surface area is 77.5 Å². The molecule has 0 spiro atoms. The Morgan fingerprint density at radius 1 is 1.57 bits per heavy atom. The van der Waals surface area contributed by atoms with Crippen molar-refractivity contribution in [1.29, 1.82) is 0 Å². The first kappa shape index (κ1) is 8.25. The fourth-order valence-corrected chi connectivity index (χ4v) is 0.914. The van der Waals surface area contributed by atoms with Crippen LogP contribution in [0.4, 0.5) is 5.82 Å². The van der Waals surface area contributed by atoms with E-state index in [2.05, 4.69) is 36.1 Å². The second-order valence-corrected chi connectivity index (χ2v) is 2.41. The average Bonchev–Trinajstić information content (AvgIpc) is 2.61. The van der Waals surface area contributed by atoms with Gasteiger partial charge in [0, 0.05) is 0 Å². The standard InChI is InChI=1S/C7H5N5O2/c1-2-3-8-6-7(13)10-5-4(9-6)11-14-12-5/h1H,3H2,(H,8,9,11)(H,10,12,13). The van der Waals surface area contributed by atoms with Crippen molar-refractivity contribution in [3.05, 3.63) is 10.4 Å². The molecule has 0 unspecified atom stereocenters. The van der Waals surface area contributed by atoms with Gasteiger partial charge in [-0.1, -0.05) is 5.92 Å². The summed E-state index contributed by atoms with van der Waals surface area (Å²) >= 11 is 0. The third kappa shape index (κ3) is 1.29. The molecule has 0 radical (unpaired) electrons. The molecule has 2 aromatic rings. The minimum Gasteiger partial charge on any atom is -0.354 e. The number of aromatic nitrogens is 4. The molecule has 0 aliphatic heterocycles. The fraction of sp³-hybridized carbons (Fsp3) is 0.143. The van der Waals surface area contributed by atoms with E-state index in [1.807, 2.05) is 0 Å². The van der Waals surface area contributed by atoms with Gasteiger partial charge >= 0.3 is 0 Å². The molecule has 0 fully saturated rings. The fourth-order valence-electron chi connectivity index (χ4n) is 0.914. The van der Waals surface area contributed by atoms with E-state index in [0.717, 1.165) is 0 Å². The van der Waals surface area contributed by atoms with Crippen LogP contribution in [0.2, 0.25) is 0 Å². The summed E-state index contributed by atoms with van der Waals surface area (Å²) in [5.41, 5.74) is 0.0221. The SMILES string of the molecule is C#CCNc1nc2nonc2[nH]c1=O. The number of nitrogens with zero attached hydrogens (tertiary/aromatic N) is 3. The Balaban J connectivity index is 2.49. The highest BCUT2D eigenvalue weighted by atomic mass is 16.6. The van der Waals surface area contributed by atoms with Crippen LogP contribution >= 0.6 is 0 Å². The number of aromatic amines is 1. The number of rotatable bonds is 2. The van der Waals surface area contributed by atoms with Crippen LogP contribution in [0.5, 0.6) is 0 Å². The summed E-state index contributed by atoms with van der Waals surface area (Å²) in [6.45, 7) is 0.215. The van der Waals surface area contributed by atoms with Crippen molar-refractivity contribution in [2.75, 3.05) is 11.9 Å². The Bertz CT molecular complexity index is 549. The zero-order chi connectivity index (χ0) is 9.97. The number of hydrogen-bond acceptors (Lipinski definition) is 6. The predicted molar refractivity (Wildman–Crippen MR) is 47.5 cm³/mol. The van der Waals surface area contributed by atoms with Crippen molar-refractivity contribution in [2.24, 2.45) is 0 Å². The number of fused-ring (bicyclic) bond motifs is 1. The third-order valence-corrected chi connectivity index (χ3v) is 1.49. The molecule has 14 heavy (non-hydrogen) atoms. The largest absolute Gasteiger partial charge is 0.354 e. The smallest absolute Gasteiger partial charge is 0.292 e. The van der Waals surface area contributed by atoms with Crippen LogP contribution in [0.1, 0.15) is 0 Å². The molecule has 0 amide bonds. The maximum Gasteiger partial charge on any atom is 0.292 e. The lowest BCUT2D eigenvalue weighted by Gasteiger charge is -1.97. The van der Waals surface area contributed by atoms with Crippen molar-refractivity contribution < 1.29 is 4.63 Å². The van der Waals surface area contributed by atoms with Crippen LogP contribution in [0.15, 0.2) is 9.42 Å². The molecule has 0 aromatic carbocycles. The summed E-state index contributed by atoms with van der Waals surface area (Å²) in [5.74, 6) is 2.42. The van der Waals surface area contributed by atoms with Gasteiger partial charge in [-0.15, -0.1) is 6.42 Å². The molecule has 2 rings (SSSR count). The van der Waals surface area contributed by atoms with Crippen LogP contribution in [0.25, 0.3) is 11.3 Å². The Kier molecular flexibility index (Phi) is 1.87. The quantitative estimate of drug-likeness (QED) is 0.612. The van der Waals surface area contributed by atoms with E-state index in [4.69, 9.17) is 6.42 Å². The summed E-state index contributed by atoms with van der Waals surface area (Å²) in [5, 5.41) is 9.54. The molecule has 0 saturated heterocycles. The van der Waals surface area contributed by atoms with Crippen LogP contribution in [0.3, 0.4) is 0 Å². The highest BCUT2D eigenvalue weighted by Gasteiger charge is 2.07. The first-order valence-corrected chi connectivity index (χ1v) is 3.71. The first-order chi connectivity index (χ1) is 6.81. The van der Waals surface area contributed by atoms with Gasteiger partial charge in [-0.3, -0.25) is 9.78 Å². The molecule has 70 valence electrons. The van der Waals surface area contributed by atoms with Gasteiger partial charge in [0.1, 0.15) is 0 Å². The lowest BCUT2D eigenvalue weighted by Crippen LogP contribution is -2.16. The Morgan fingerprint density at radius 3 is 3.21 bits per heavy atom. The third-order valence-electron chi connectivity index (χ3n) is 1.49. The van der Waals surface area contributed by atoms with Crippen LogP contribution in [-0.2, 0) is 0 Å². The second kappa shape index (κ2) is 3.18. The molecule has 2 N–H and O–H groups in total. The number of H-pyrrole nitrogens is 1. The number of anilines is 1. The molecule has 0 aliphatic carbocycles. The zero-order valence-corrected chi connectivity index (χ0v) is 6.94. The Hall–Kier alpha value is -2.36. The average molecular weight is 191 g/mol. The minimum absolute atomic E-state index is 0.103. The zero-order valence-electron chi connectivity index (χ0n) is 6.94. The van der Waals surface area contributed by atoms with E-state index in [1.165, 1.54) is 0 Å². The first-order valence-electron chi connectivity index (χ1n) is 3.71. The van der Waals surface area contributed by atoms with Crippen molar-refractivity contribution in [1.82, 2.24) is 20.3 Å². The lowest BCUT2D eigenvalue weighted by atomic mass is 10.5. The minimum atomic E-state index is -0.413. The highest BCUT2D eigenvalue weighted by molar-refractivity contribution is 5.64. The highest BCUT2D eigenvalue weighted by Crippen LogP contribution is 2.01. The van der Waals surface area contributed by atoms with Crippen molar-refractivity contribution in [2.45, 2.75) is 0 Å². The van der Waals surface area contributed by atoms with Crippen molar-refractivity contribution in [3.63, 3.8) is 0 Å². The van der Waals surface area contributed by atoms with Crippen LogP contribution < -0.4 is 10.9 Å². The van der Waals surface area contributed by atoms with Gasteiger partial charge in [0.05, 0.1) is 6.54 Å². The molecule has 2 aromatic heterocycles. The van der Waals surface area contributed by atoms with Gasteiger partial charge in [0.2, 0.25) is 11.3 Å². The monoisotopic (exact) mass is 191 g/mol. The summed E-state index contributed by atoms with van der Waals surface area (Å²) in [7, 11) is 0. The molecular formula is C7H5N5O2. The molecule has 2 heterocycles. The summed E-state index contributed by atoms with van der Waals surface area (Å²) < 4.78 is 4.38. The normalized spacial score (nSPS) is 9.93. The van der Waals surface area contributed by atoms with Gasteiger partial charge in [0.15, 0.2) is 5.82 Å². The summed E-state index contributed by atoms with van der Waals surface area (Å²) in [4.78, 5) is 17.6. The van der Waals surface area contributed by atoms with Crippen LogP contribution in [-0.4, -0.2) is 26.8 Å². The Morgan fingerprint density at radius 2 is 2.43 bits per heavy atom. The number of hydrogen-bond donors (Lipinski definition) is 2. The van der Waals surface area contributed by atoms with Gasteiger partial charge in [0.25, 0.3) is 5.56 Å². The number of nitrogens with one attached hydrogen (secondary N) is 2. The maximum absolute atomic E-state index is 11.3. The molecule has 7 heteroatoms. The topological polar surface area (TPSA) is 96.7 Å². The second-order valence-electron chi connectivity index (χ2n) is 2.41. The molecule has 0 aliphatic rings. The predicted octanol–water partition coefficient (Wildman–Crippen LogP) is -0.649. The van der Waals surface area contributed by atoms with E-state index in [-0.39, 0.29) is 23.7 Å². The molecular weight excluding hydrogens is 186 g/mol.